The van der Waals surface area contributed by atoms with Gasteiger partial charge in [-0.05, 0) is 31.0 Å². The van der Waals surface area contributed by atoms with E-state index >= 15 is 0 Å². The lowest BCUT2D eigenvalue weighted by molar-refractivity contribution is -0.143. The van der Waals surface area contributed by atoms with E-state index in [9.17, 15) is 9.18 Å². The van der Waals surface area contributed by atoms with Crippen molar-refractivity contribution >= 4 is 5.97 Å². The maximum absolute atomic E-state index is 12.7. The van der Waals surface area contributed by atoms with Crippen LogP contribution >= 0.6 is 0 Å². The van der Waals surface area contributed by atoms with Gasteiger partial charge in [0.25, 0.3) is 0 Å². The summed E-state index contributed by atoms with van der Waals surface area (Å²) in [6.07, 6.45) is 0.827. The first-order valence-corrected chi connectivity index (χ1v) is 4.62. The van der Waals surface area contributed by atoms with Crippen molar-refractivity contribution in [1.82, 2.24) is 0 Å². The predicted octanol–water partition coefficient (Wildman–Crippen LogP) is 2.32. The molecule has 1 aromatic carbocycles. The molecule has 0 aliphatic rings. The van der Waals surface area contributed by atoms with Gasteiger partial charge in [0.2, 0.25) is 0 Å². The van der Waals surface area contributed by atoms with Crippen molar-refractivity contribution in [3.8, 4) is 0 Å². The minimum Gasteiger partial charge on any atom is -0.466 e. The Balaban J connectivity index is 2.41. The summed E-state index contributed by atoms with van der Waals surface area (Å²) in [5.74, 6) is -0.511. The molecule has 0 bridgehead atoms. The Kier molecular flexibility index (Phi) is 4.11. The van der Waals surface area contributed by atoms with E-state index in [1.54, 1.807) is 19.1 Å². The highest BCUT2D eigenvalue weighted by Gasteiger charge is 2.02. The third-order valence-electron chi connectivity index (χ3n) is 1.81. The number of rotatable bonds is 4. The number of hydrogen-bond donors (Lipinski definition) is 0. The van der Waals surface area contributed by atoms with Crippen molar-refractivity contribution in [3.63, 3.8) is 0 Å². The van der Waals surface area contributed by atoms with Gasteiger partial charge >= 0.3 is 5.97 Å². The number of benzene rings is 1. The van der Waals surface area contributed by atoms with Gasteiger partial charge in [-0.15, -0.1) is 0 Å². The molecular formula is C11H13FO2. The maximum atomic E-state index is 12.7. The van der Waals surface area contributed by atoms with Crippen LogP contribution in [0.15, 0.2) is 24.3 Å². The monoisotopic (exact) mass is 196 g/mol. The van der Waals surface area contributed by atoms with E-state index in [0.717, 1.165) is 5.56 Å². The van der Waals surface area contributed by atoms with Gasteiger partial charge in [0, 0.05) is 6.42 Å². The molecular weight excluding hydrogens is 183 g/mol. The standard InChI is InChI=1S/C11H13FO2/c1-2-14-11(13)7-6-9-4-3-5-10(12)8-9/h3-5,8H,2,6-7H2,1H3. The third-order valence-corrected chi connectivity index (χ3v) is 1.81. The molecule has 0 aliphatic heterocycles. The number of halogens is 1. The predicted molar refractivity (Wildman–Crippen MR) is 51.4 cm³/mol. The number of aryl methyl sites for hydroxylation is 1. The van der Waals surface area contributed by atoms with Crippen LogP contribution in [0, 0.1) is 5.82 Å². The molecule has 14 heavy (non-hydrogen) atoms. The summed E-state index contributed by atoms with van der Waals surface area (Å²) in [6.45, 7) is 2.15. The van der Waals surface area contributed by atoms with Crippen molar-refractivity contribution in [3.05, 3.63) is 35.6 Å². The molecule has 3 heteroatoms. The van der Waals surface area contributed by atoms with Gasteiger partial charge in [-0.2, -0.15) is 0 Å². The average molecular weight is 196 g/mol. The lowest BCUT2D eigenvalue weighted by Crippen LogP contribution is -2.05. The second kappa shape index (κ2) is 5.37. The first-order valence-electron chi connectivity index (χ1n) is 4.62. The summed E-state index contributed by atoms with van der Waals surface area (Å²) >= 11 is 0. The summed E-state index contributed by atoms with van der Waals surface area (Å²) < 4.78 is 17.5. The Labute approximate surface area is 82.7 Å². The summed E-state index contributed by atoms with van der Waals surface area (Å²) in [7, 11) is 0. The van der Waals surface area contributed by atoms with E-state index < -0.39 is 0 Å². The lowest BCUT2D eigenvalue weighted by Gasteiger charge is -2.01. The van der Waals surface area contributed by atoms with Gasteiger partial charge in [0.15, 0.2) is 0 Å². The van der Waals surface area contributed by atoms with E-state index in [1.807, 2.05) is 0 Å². The minimum absolute atomic E-state index is 0.239. The molecule has 76 valence electrons. The molecule has 0 spiro atoms. The van der Waals surface area contributed by atoms with Crippen LogP contribution in [0.1, 0.15) is 18.9 Å². The van der Waals surface area contributed by atoms with Crippen molar-refractivity contribution in [1.29, 1.82) is 0 Å². The summed E-state index contributed by atoms with van der Waals surface area (Å²) in [5, 5.41) is 0. The van der Waals surface area contributed by atoms with Gasteiger partial charge in [-0.1, -0.05) is 12.1 Å². The van der Waals surface area contributed by atoms with Crippen LogP contribution < -0.4 is 0 Å². The molecule has 1 rings (SSSR count). The van der Waals surface area contributed by atoms with Crippen LogP contribution in [-0.4, -0.2) is 12.6 Å². The summed E-state index contributed by atoms with van der Waals surface area (Å²) in [4.78, 5) is 11.0. The van der Waals surface area contributed by atoms with Crippen molar-refractivity contribution in [2.75, 3.05) is 6.61 Å². The summed E-state index contributed by atoms with van der Waals surface area (Å²) in [6, 6.07) is 6.24. The molecule has 2 nitrogen and oxygen atoms in total. The highest BCUT2D eigenvalue weighted by Crippen LogP contribution is 2.06. The topological polar surface area (TPSA) is 26.3 Å². The second-order valence-electron chi connectivity index (χ2n) is 2.93. The van der Waals surface area contributed by atoms with Crippen molar-refractivity contribution < 1.29 is 13.9 Å². The van der Waals surface area contributed by atoms with E-state index in [2.05, 4.69) is 0 Å². The Morgan fingerprint density at radius 3 is 2.93 bits per heavy atom. The van der Waals surface area contributed by atoms with Crippen LogP contribution in [0.4, 0.5) is 4.39 Å². The third kappa shape index (κ3) is 3.56. The number of carbonyl (C=O) groups excluding carboxylic acids is 1. The molecule has 0 saturated heterocycles. The summed E-state index contributed by atoms with van der Waals surface area (Å²) in [5.41, 5.74) is 0.818. The molecule has 0 unspecified atom stereocenters. The van der Waals surface area contributed by atoms with Gasteiger partial charge in [0.05, 0.1) is 6.61 Å². The van der Waals surface area contributed by atoms with Gasteiger partial charge in [-0.3, -0.25) is 4.79 Å². The highest BCUT2D eigenvalue weighted by molar-refractivity contribution is 5.69. The van der Waals surface area contributed by atoms with E-state index in [4.69, 9.17) is 4.74 Å². The second-order valence-corrected chi connectivity index (χ2v) is 2.93. The highest BCUT2D eigenvalue weighted by atomic mass is 19.1. The largest absolute Gasteiger partial charge is 0.466 e. The molecule has 0 saturated carbocycles. The van der Waals surface area contributed by atoms with Gasteiger partial charge < -0.3 is 4.74 Å². The fourth-order valence-electron chi connectivity index (χ4n) is 1.17. The molecule has 0 radical (unpaired) electrons. The average Bonchev–Trinajstić information content (AvgIpc) is 2.15. The van der Waals surface area contributed by atoms with Crippen molar-refractivity contribution in [2.24, 2.45) is 0 Å². The Morgan fingerprint density at radius 2 is 2.29 bits per heavy atom. The molecule has 0 aliphatic carbocycles. The smallest absolute Gasteiger partial charge is 0.306 e. The van der Waals surface area contributed by atoms with Gasteiger partial charge in [-0.25, -0.2) is 4.39 Å². The zero-order valence-corrected chi connectivity index (χ0v) is 8.13. The van der Waals surface area contributed by atoms with Crippen LogP contribution in [-0.2, 0) is 16.0 Å². The van der Waals surface area contributed by atoms with E-state index in [-0.39, 0.29) is 11.8 Å². The zero-order chi connectivity index (χ0) is 10.4. The normalized spacial score (nSPS) is 9.86. The molecule has 0 aromatic heterocycles. The maximum Gasteiger partial charge on any atom is 0.306 e. The van der Waals surface area contributed by atoms with E-state index in [0.29, 0.717) is 19.4 Å². The van der Waals surface area contributed by atoms with Crippen LogP contribution in [0.25, 0.3) is 0 Å². The number of carbonyl (C=O) groups is 1. The SMILES string of the molecule is CCOC(=O)CCc1cccc(F)c1. The first-order chi connectivity index (χ1) is 6.72. The Morgan fingerprint density at radius 1 is 1.50 bits per heavy atom. The molecule has 0 N–H and O–H groups in total. The minimum atomic E-state index is -0.272. The Hall–Kier alpha value is -1.38. The van der Waals surface area contributed by atoms with Crippen LogP contribution in [0.2, 0.25) is 0 Å². The van der Waals surface area contributed by atoms with Crippen molar-refractivity contribution in [2.45, 2.75) is 19.8 Å². The fraction of sp³-hybridized carbons (Fsp3) is 0.364. The molecule has 0 amide bonds. The number of esters is 1. The quantitative estimate of drug-likeness (QED) is 0.691. The number of hydrogen-bond acceptors (Lipinski definition) is 2. The van der Waals surface area contributed by atoms with Crippen LogP contribution in [0.3, 0.4) is 0 Å². The lowest BCUT2D eigenvalue weighted by atomic mass is 10.1. The Bertz CT molecular complexity index is 310. The van der Waals surface area contributed by atoms with Crippen LogP contribution in [0.5, 0.6) is 0 Å². The first kappa shape index (κ1) is 10.7. The zero-order valence-electron chi connectivity index (χ0n) is 8.13. The van der Waals surface area contributed by atoms with E-state index in [1.165, 1.54) is 12.1 Å². The molecule has 1 aromatic rings. The van der Waals surface area contributed by atoms with Gasteiger partial charge in [0.1, 0.15) is 5.82 Å². The molecule has 0 heterocycles. The fourth-order valence-corrected chi connectivity index (χ4v) is 1.17. The molecule has 0 fully saturated rings. The number of ether oxygens (including phenoxy) is 1. The molecule has 0 atom stereocenters.